The minimum Gasteiger partial charge on any atom is -0.333 e. The summed E-state index contributed by atoms with van der Waals surface area (Å²) < 4.78 is 1.73. The van der Waals surface area contributed by atoms with Crippen molar-refractivity contribution >= 4 is 17.2 Å². The predicted octanol–water partition coefficient (Wildman–Crippen LogP) is 2.70. The van der Waals surface area contributed by atoms with Crippen LogP contribution in [0.1, 0.15) is 30.7 Å². The van der Waals surface area contributed by atoms with Crippen molar-refractivity contribution in [3.05, 3.63) is 40.8 Å². The van der Waals surface area contributed by atoms with E-state index in [4.69, 9.17) is 0 Å². The Labute approximate surface area is 116 Å². The van der Waals surface area contributed by atoms with E-state index in [-0.39, 0.29) is 11.9 Å². The van der Waals surface area contributed by atoms with E-state index >= 15 is 0 Å². The van der Waals surface area contributed by atoms with Crippen LogP contribution in [-0.4, -0.2) is 26.6 Å². The van der Waals surface area contributed by atoms with Crippen molar-refractivity contribution < 1.29 is 4.79 Å². The fourth-order valence-corrected chi connectivity index (χ4v) is 2.91. The first-order chi connectivity index (χ1) is 9.25. The van der Waals surface area contributed by atoms with Gasteiger partial charge in [0, 0.05) is 23.3 Å². The number of amides is 1. The quantitative estimate of drug-likeness (QED) is 0.841. The Morgan fingerprint density at radius 3 is 3.00 bits per heavy atom. The molecule has 0 saturated heterocycles. The van der Waals surface area contributed by atoms with Gasteiger partial charge in [-0.2, -0.15) is 5.10 Å². The molecule has 2 aromatic rings. The van der Waals surface area contributed by atoms with Gasteiger partial charge in [0.1, 0.15) is 6.04 Å². The second-order valence-corrected chi connectivity index (χ2v) is 5.97. The molecule has 1 aliphatic rings. The van der Waals surface area contributed by atoms with Crippen LogP contribution in [0.4, 0.5) is 0 Å². The summed E-state index contributed by atoms with van der Waals surface area (Å²) >= 11 is 1.71. The largest absolute Gasteiger partial charge is 0.333 e. The molecule has 0 N–H and O–H groups in total. The number of aromatic nitrogens is 2. The molecule has 1 fully saturated rings. The summed E-state index contributed by atoms with van der Waals surface area (Å²) in [4.78, 5) is 15.9. The van der Waals surface area contributed by atoms with Gasteiger partial charge in [-0.3, -0.25) is 9.48 Å². The number of hydrogen-bond acceptors (Lipinski definition) is 3. The first-order valence-electron chi connectivity index (χ1n) is 6.57. The van der Waals surface area contributed by atoms with Crippen molar-refractivity contribution in [2.45, 2.75) is 38.4 Å². The molecule has 0 aromatic carbocycles. The highest BCUT2D eigenvalue weighted by Crippen LogP contribution is 2.31. The Kier molecular flexibility index (Phi) is 3.38. The van der Waals surface area contributed by atoms with E-state index in [1.807, 2.05) is 30.2 Å². The van der Waals surface area contributed by atoms with E-state index in [1.165, 1.54) is 4.88 Å². The second-order valence-electron chi connectivity index (χ2n) is 4.94. The maximum Gasteiger partial charge on any atom is 0.247 e. The zero-order valence-corrected chi connectivity index (χ0v) is 11.7. The highest BCUT2D eigenvalue weighted by molar-refractivity contribution is 7.09. The lowest BCUT2D eigenvalue weighted by Gasteiger charge is -2.25. The van der Waals surface area contributed by atoms with Crippen molar-refractivity contribution in [1.29, 1.82) is 0 Å². The van der Waals surface area contributed by atoms with Crippen LogP contribution in [-0.2, 0) is 11.3 Å². The number of carbonyl (C=O) groups is 1. The van der Waals surface area contributed by atoms with E-state index in [9.17, 15) is 4.79 Å². The summed E-state index contributed by atoms with van der Waals surface area (Å²) in [5.41, 5.74) is 0. The standard InChI is InChI=1S/C14H17N3OS/c1-11(17-8-3-7-15-17)14(18)16(12-5-6-12)10-13-4-2-9-19-13/h2-4,7-9,11-12H,5-6,10H2,1H3. The number of rotatable bonds is 5. The molecule has 3 rings (SSSR count). The number of nitrogens with zero attached hydrogens (tertiary/aromatic N) is 3. The molecule has 5 heteroatoms. The summed E-state index contributed by atoms with van der Waals surface area (Å²) in [6.45, 7) is 2.64. The van der Waals surface area contributed by atoms with Gasteiger partial charge in [0.25, 0.3) is 0 Å². The fraction of sp³-hybridized carbons (Fsp3) is 0.429. The lowest BCUT2D eigenvalue weighted by molar-refractivity contribution is -0.135. The topological polar surface area (TPSA) is 38.1 Å². The lowest BCUT2D eigenvalue weighted by atomic mass is 10.2. The molecular weight excluding hydrogens is 258 g/mol. The number of carbonyl (C=O) groups excluding carboxylic acids is 1. The molecule has 0 radical (unpaired) electrons. The van der Waals surface area contributed by atoms with Gasteiger partial charge in [-0.05, 0) is 37.3 Å². The molecule has 1 saturated carbocycles. The van der Waals surface area contributed by atoms with Crippen LogP contribution in [0.15, 0.2) is 36.0 Å². The number of hydrogen-bond donors (Lipinski definition) is 0. The first-order valence-corrected chi connectivity index (χ1v) is 7.45. The molecule has 19 heavy (non-hydrogen) atoms. The highest BCUT2D eigenvalue weighted by Gasteiger charge is 2.35. The van der Waals surface area contributed by atoms with Crippen LogP contribution in [0, 0.1) is 0 Å². The second kappa shape index (κ2) is 5.17. The zero-order valence-electron chi connectivity index (χ0n) is 10.9. The predicted molar refractivity (Wildman–Crippen MR) is 74.8 cm³/mol. The Bertz CT molecular complexity index is 531. The molecule has 100 valence electrons. The molecule has 0 aliphatic heterocycles. The average molecular weight is 275 g/mol. The molecule has 1 unspecified atom stereocenters. The summed E-state index contributed by atoms with van der Waals surface area (Å²) in [5.74, 6) is 0.166. The third-order valence-corrected chi connectivity index (χ3v) is 4.32. The van der Waals surface area contributed by atoms with E-state index in [2.05, 4.69) is 16.5 Å². The molecule has 0 spiro atoms. The number of thiophene rings is 1. The fourth-order valence-electron chi connectivity index (χ4n) is 2.21. The van der Waals surface area contributed by atoms with Crippen LogP contribution < -0.4 is 0 Å². The summed E-state index contributed by atoms with van der Waals surface area (Å²) in [7, 11) is 0. The van der Waals surface area contributed by atoms with Crippen molar-refractivity contribution in [1.82, 2.24) is 14.7 Å². The van der Waals surface area contributed by atoms with Gasteiger partial charge in [-0.15, -0.1) is 11.3 Å². The Morgan fingerprint density at radius 1 is 1.58 bits per heavy atom. The van der Waals surface area contributed by atoms with Crippen molar-refractivity contribution in [2.24, 2.45) is 0 Å². The monoisotopic (exact) mass is 275 g/mol. The van der Waals surface area contributed by atoms with Crippen molar-refractivity contribution in [3.8, 4) is 0 Å². The van der Waals surface area contributed by atoms with Crippen molar-refractivity contribution in [3.63, 3.8) is 0 Å². The molecule has 2 aromatic heterocycles. The van der Waals surface area contributed by atoms with Crippen LogP contribution in [0.5, 0.6) is 0 Å². The summed E-state index contributed by atoms with van der Waals surface area (Å²) in [6.07, 6.45) is 5.81. The van der Waals surface area contributed by atoms with E-state index in [0.717, 1.165) is 19.4 Å². The van der Waals surface area contributed by atoms with Crippen molar-refractivity contribution in [2.75, 3.05) is 0 Å². The summed E-state index contributed by atoms with van der Waals surface area (Å²) in [5, 5.41) is 6.23. The SMILES string of the molecule is CC(C(=O)N(Cc1cccs1)C1CC1)n1cccn1. The molecule has 4 nitrogen and oxygen atoms in total. The average Bonchev–Trinajstić information content (AvgIpc) is 2.94. The van der Waals surface area contributed by atoms with Crippen LogP contribution >= 0.6 is 11.3 Å². The van der Waals surface area contributed by atoms with Gasteiger partial charge < -0.3 is 4.90 Å². The third-order valence-electron chi connectivity index (χ3n) is 3.46. The minimum atomic E-state index is -0.226. The van der Waals surface area contributed by atoms with Crippen LogP contribution in [0.25, 0.3) is 0 Å². The van der Waals surface area contributed by atoms with E-state index in [0.29, 0.717) is 6.04 Å². The normalized spacial score (nSPS) is 16.3. The lowest BCUT2D eigenvalue weighted by Crippen LogP contribution is -2.37. The first kappa shape index (κ1) is 12.4. The molecular formula is C14H17N3OS. The van der Waals surface area contributed by atoms with Gasteiger partial charge in [0.15, 0.2) is 0 Å². The van der Waals surface area contributed by atoms with Gasteiger partial charge in [0.2, 0.25) is 5.91 Å². The maximum absolute atomic E-state index is 12.6. The highest BCUT2D eigenvalue weighted by atomic mass is 32.1. The maximum atomic E-state index is 12.6. The molecule has 2 heterocycles. The Morgan fingerprint density at radius 2 is 2.42 bits per heavy atom. The van der Waals surface area contributed by atoms with E-state index in [1.54, 1.807) is 22.2 Å². The van der Waals surface area contributed by atoms with Gasteiger partial charge in [-0.25, -0.2) is 0 Å². The third kappa shape index (κ3) is 2.71. The van der Waals surface area contributed by atoms with Gasteiger partial charge in [-0.1, -0.05) is 6.07 Å². The van der Waals surface area contributed by atoms with Crippen LogP contribution in [0.2, 0.25) is 0 Å². The molecule has 1 aliphatic carbocycles. The van der Waals surface area contributed by atoms with Gasteiger partial charge >= 0.3 is 0 Å². The van der Waals surface area contributed by atoms with Gasteiger partial charge in [0.05, 0.1) is 6.54 Å². The van der Waals surface area contributed by atoms with Crippen LogP contribution in [0.3, 0.4) is 0 Å². The zero-order chi connectivity index (χ0) is 13.2. The molecule has 1 amide bonds. The van der Waals surface area contributed by atoms with E-state index < -0.39 is 0 Å². The molecule has 0 bridgehead atoms. The molecule has 1 atom stereocenters. The minimum absolute atomic E-state index is 0.166. The Balaban J connectivity index is 1.74. The Hall–Kier alpha value is -1.62. The smallest absolute Gasteiger partial charge is 0.247 e. The summed E-state index contributed by atoms with van der Waals surface area (Å²) in [6, 6.07) is 6.17.